The van der Waals surface area contributed by atoms with Gasteiger partial charge in [0.2, 0.25) is 0 Å². The van der Waals surface area contributed by atoms with Gasteiger partial charge >= 0.3 is 0 Å². The van der Waals surface area contributed by atoms with Crippen LogP contribution in [0.25, 0.3) is 0 Å². The van der Waals surface area contributed by atoms with E-state index in [1.807, 2.05) is 19.2 Å². The molecule has 0 aliphatic rings. The standard InChI is InChI=1S/C11H18N2O/c1-5-11(2,3)14-9-6-7-13-10(8-9)12-4/h6-8H,5H2,1-4H3,(H,12,13). The van der Waals surface area contributed by atoms with Gasteiger partial charge in [-0.3, -0.25) is 0 Å². The lowest BCUT2D eigenvalue weighted by molar-refractivity contribution is 0.105. The summed E-state index contributed by atoms with van der Waals surface area (Å²) < 4.78 is 5.81. The van der Waals surface area contributed by atoms with Gasteiger partial charge in [-0.2, -0.15) is 0 Å². The second-order valence-corrected chi connectivity index (χ2v) is 3.84. The van der Waals surface area contributed by atoms with E-state index in [9.17, 15) is 0 Å². The number of nitrogens with zero attached hydrogens (tertiary/aromatic N) is 1. The van der Waals surface area contributed by atoms with E-state index in [0.29, 0.717) is 0 Å². The van der Waals surface area contributed by atoms with Gasteiger partial charge in [-0.25, -0.2) is 4.98 Å². The Morgan fingerprint density at radius 2 is 2.21 bits per heavy atom. The van der Waals surface area contributed by atoms with Crippen molar-refractivity contribution < 1.29 is 4.74 Å². The van der Waals surface area contributed by atoms with Gasteiger partial charge < -0.3 is 10.1 Å². The molecule has 1 heterocycles. The van der Waals surface area contributed by atoms with Crippen molar-refractivity contribution in [3.05, 3.63) is 18.3 Å². The summed E-state index contributed by atoms with van der Waals surface area (Å²) in [6.45, 7) is 6.26. The van der Waals surface area contributed by atoms with Crippen LogP contribution in [0.15, 0.2) is 18.3 Å². The average Bonchev–Trinajstić information content (AvgIpc) is 2.17. The lowest BCUT2D eigenvalue weighted by atomic mass is 10.1. The van der Waals surface area contributed by atoms with Gasteiger partial charge in [0, 0.05) is 19.3 Å². The maximum absolute atomic E-state index is 5.81. The first-order valence-corrected chi connectivity index (χ1v) is 4.90. The third-order valence-electron chi connectivity index (χ3n) is 2.23. The van der Waals surface area contributed by atoms with Crippen molar-refractivity contribution in [2.75, 3.05) is 12.4 Å². The molecule has 0 saturated carbocycles. The molecule has 0 aliphatic carbocycles. The fourth-order valence-corrected chi connectivity index (χ4v) is 1.00. The minimum Gasteiger partial charge on any atom is -0.488 e. The average molecular weight is 194 g/mol. The quantitative estimate of drug-likeness (QED) is 0.800. The van der Waals surface area contributed by atoms with Gasteiger partial charge in [0.25, 0.3) is 0 Å². The minimum absolute atomic E-state index is 0.119. The molecule has 3 heteroatoms. The summed E-state index contributed by atoms with van der Waals surface area (Å²) >= 11 is 0. The molecule has 0 saturated heterocycles. The molecule has 0 fully saturated rings. The number of anilines is 1. The van der Waals surface area contributed by atoms with Crippen LogP contribution in [0.4, 0.5) is 5.82 Å². The Balaban J connectivity index is 2.76. The van der Waals surface area contributed by atoms with Crippen molar-refractivity contribution in [3.63, 3.8) is 0 Å². The first kappa shape index (κ1) is 10.8. The van der Waals surface area contributed by atoms with E-state index in [1.54, 1.807) is 6.20 Å². The number of pyridine rings is 1. The van der Waals surface area contributed by atoms with Crippen molar-refractivity contribution in [1.29, 1.82) is 0 Å². The summed E-state index contributed by atoms with van der Waals surface area (Å²) in [5.74, 6) is 1.69. The third-order valence-corrected chi connectivity index (χ3v) is 2.23. The van der Waals surface area contributed by atoms with Crippen LogP contribution in [0.3, 0.4) is 0 Å². The van der Waals surface area contributed by atoms with Gasteiger partial charge in [-0.1, -0.05) is 6.92 Å². The Morgan fingerprint density at radius 3 is 2.79 bits per heavy atom. The zero-order valence-electron chi connectivity index (χ0n) is 9.29. The van der Waals surface area contributed by atoms with Crippen molar-refractivity contribution in [2.24, 2.45) is 0 Å². The normalized spacial score (nSPS) is 11.1. The molecule has 14 heavy (non-hydrogen) atoms. The molecule has 1 aromatic rings. The summed E-state index contributed by atoms with van der Waals surface area (Å²) in [5.41, 5.74) is -0.119. The Labute approximate surface area is 85.5 Å². The van der Waals surface area contributed by atoms with Crippen LogP contribution in [0, 0.1) is 0 Å². The Morgan fingerprint density at radius 1 is 1.50 bits per heavy atom. The fourth-order valence-electron chi connectivity index (χ4n) is 1.00. The molecule has 0 bridgehead atoms. The SMILES string of the molecule is CCC(C)(C)Oc1ccnc(NC)c1. The zero-order valence-corrected chi connectivity index (χ0v) is 9.29. The van der Waals surface area contributed by atoms with Crippen LogP contribution in [-0.4, -0.2) is 17.6 Å². The predicted octanol–water partition coefficient (Wildman–Crippen LogP) is 2.69. The van der Waals surface area contributed by atoms with Crippen LogP contribution in [0.1, 0.15) is 27.2 Å². The van der Waals surface area contributed by atoms with Gasteiger partial charge in [-0.15, -0.1) is 0 Å². The molecular formula is C11H18N2O. The second-order valence-electron chi connectivity index (χ2n) is 3.84. The van der Waals surface area contributed by atoms with Crippen LogP contribution >= 0.6 is 0 Å². The van der Waals surface area contributed by atoms with Crippen molar-refractivity contribution >= 4 is 5.82 Å². The van der Waals surface area contributed by atoms with E-state index in [4.69, 9.17) is 4.74 Å². The molecule has 1 rings (SSSR count). The van der Waals surface area contributed by atoms with E-state index < -0.39 is 0 Å². The molecule has 78 valence electrons. The first-order chi connectivity index (χ1) is 6.57. The molecule has 0 atom stereocenters. The maximum Gasteiger partial charge on any atom is 0.129 e. The molecule has 3 nitrogen and oxygen atoms in total. The van der Waals surface area contributed by atoms with Crippen LogP contribution < -0.4 is 10.1 Å². The summed E-state index contributed by atoms with van der Waals surface area (Å²) in [6, 6.07) is 3.77. The highest BCUT2D eigenvalue weighted by molar-refractivity contribution is 5.39. The Hall–Kier alpha value is -1.25. The molecule has 0 aromatic carbocycles. The van der Waals surface area contributed by atoms with Crippen molar-refractivity contribution in [1.82, 2.24) is 4.98 Å². The Bertz CT molecular complexity index is 297. The molecule has 1 aromatic heterocycles. The molecule has 0 aliphatic heterocycles. The number of hydrogen-bond donors (Lipinski definition) is 1. The van der Waals surface area contributed by atoms with Crippen LogP contribution in [0.5, 0.6) is 5.75 Å². The highest BCUT2D eigenvalue weighted by Gasteiger charge is 2.16. The summed E-state index contributed by atoms with van der Waals surface area (Å²) in [5, 5.41) is 2.98. The zero-order chi connectivity index (χ0) is 10.6. The lowest BCUT2D eigenvalue weighted by Gasteiger charge is -2.24. The minimum atomic E-state index is -0.119. The smallest absolute Gasteiger partial charge is 0.129 e. The first-order valence-electron chi connectivity index (χ1n) is 4.90. The molecule has 0 radical (unpaired) electrons. The van der Waals surface area contributed by atoms with Crippen LogP contribution in [-0.2, 0) is 0 Å². The largest absolute Gasteiger partial charge is 0.488 e. The van der Waals surface area contributed by atoms with E-state index in [-0.39, 0.29) is 5.60 Å². The predicted molar refractivity (Wildman–Crippen MR) is 58.8 cm³/mol. The summed E-state index contributed by atoms with van der Waals surface area (Å²) in [6.07, 6.45) is 2.72. The Kier molecular flexibility index (Phi) is 3.33. The number of hydrogen-bond acceptors (Lipinski definition) is 3. The molecule has 1 N–H and O–H groups in total. The van der Waals surface area contributed by atoms with Gasteiger partial charge in [0.1, 0.15) is 17.2 Å². The van der Waals surface area contributed by atoms with E-state index in [0.717, 1.165) is 18.0 Å². The lowest BCUT2D eigenvalue weighted by Crippen LogP contribution is -2.26. The molecule has 0 unspecified atom stereocenters. The second kappa shape index (κ2) is 4.31. The van der Waals surface area contributed by atoms with Gasteiger partial charge in [-0.05, 0) is 26.3 Å². The van der Waals surface area contributed by atoms with Crippen molar-refractivity contribution in [3.8, 4) is 5.75 Å². The van der Waals surface area contributed by atoms with Gasteiger partial charge in [0.05, 0.1) is 0 Å². The maximum atomic E-state index is 5.81. The molecule has 0 spiro atoms. The van der Waals surface area contributed by atoms with Gasteiger partial charge in [0.15, 0.2) is 0 Å². The summed E-state index contributed by atoms with van der Waals surface area (Å²) in [4.78, 5) is 4.12. The number of rotatable bonds is 4. The summed E-state index contributed by atoms with van der Waals surface area (Å²) in [7, 11) is 1.84. The monoisotopic (exact) mass is 194 g/mol. The highest BCUT2D eigenvalue weighted by Crippen LogP contribution is 2.21. The molecule has 0 amide bonds. The van der Waals surface area contributed by atoms with E-state index in [2.05, 4.69) is 31.1 Å². The van der Waals surface area contributed by atoms with E-state index in [1.165, 1.54) is 0 Å². The van der Waals surface area contributed by atoms with Crippen molar-refractivity contribution in [2.45, 2.75) is 32.8 Å². The topological polar surface area (TPSA) is 34.1 Å². The van der Waals surface area contributed by atoms with Crippen LogP contribution in [0.2, 0.25) is 0 Å². The number of nitrogens with one attached hydrogen (secondary N) is 1. The number of ether oxygens (including phenoxy) is 1. The van der Waals surface area contributed by atoms with E-state index >= 15 is 0 Å². The molecular weight excluding hydrogens is 176 g/mol. The highest BCUT2D eigenvalue weighted by atomic mass is 16.5. The fraction of sp³-hybridized carbons (Fsp3) is 0.545. The number of aromatic nitrogens is 1. The third kappa shape index (κ3) is 2.91.